The fraction of sp³-hybridized carbons (Fsp3) is 0.333. The zero-order valence-electron chi connectivity index (χ0n) is 9.66. The van der Waals surface area contributed by atoms with E-state index < -0.39 is 18.3 Å². The Hall–Kier alpha value is -1.85. The van der Waals surface area contributed by atoms with E-state index in [2.05, 4.69) is 5.10 Å². The van der Waals surface area contributed by atoms with E-state index in [1.165, 1.54) is 6.20 Å². The lowest BCUT2D eigenvalue weighted by molar-refractivity contribution is -0.143. The van der Waals surface area contributed by atoms with Gasteiger partial charge in [-0.25, -0.2) is 4.68 Å². The Kier molecular flexibility index (Phi) is 3.11. The number of alkyl halides is 3. The van der Waals surface area contributed by atoms with E-state index in [1.54, 1.807) is 18.2 Å². The van der Waals surface area contributed by atoms with Crippen molar-refractivity contribution in [3.8, 4) is 0 Å². The smallest absolute Gasteiger partial charge is 0.267 e. The van der Waals surface area contributed by atoms with Crippen LogP contribution in [0.5, 0.6) is 0 Å². The SMILES string of the molecule is CCc1ccc2c(=O)n(CC(F)(F)F)ncc2c1. The minimum Gasteiger partial charge on any atom is -0.267 e. The van der Waals surface area contributed by atoms with E-state index in [4.69, 9.17) is 0 Å². The number of nitrogens with zero attached hydrogens (tertiary/aromatic N) is 2. The molecule has 0 bridgehead atoms. The van der Waals surface area contributed by atoms with E-state index in [9.17, 15) is 18.0 Å². The highest BCUT2D eigenvalue weighted by Crippen LogP contribution is 2.17. The van der Waals surface area contributed by atoms with Gasteiger partial charge in [0.25, 0.3) is 5.56 Å². The normalized spacial score (nSPS) is 12.0. The molecule has 0 unspecified atom stereocenters. The molecular weight excluding hydrogens is 245 g/mol. The molecule has 2 rings (SSSR count). The quantitative estimate of drug-likeness (QED) is 0.827. The topological polar surface area (TPSA) is 34.9 Å². The first-order valence-electron chi connectivity index (χ1n) is 5.46. The maximum atomic E-state index is 12.2. The van der Waals surface area contributed by atoms with Crippen molar-refractivity contribution in [2.75, 3.05) is 0 Å². The number of fused-ring (bicyclic) bond motifs is 1. The first-order chi connectivity index (χ1) is 8.40. The van der Waals surface area contributed by atoms with Crippen LogP contribution >= 0.6 is 0 Å². The van der Waals surface area contributed by atoms with E-state index in [0.717, 1.165) is 12.0 Å². The van der Waals surface area contributed by atoms with Crippen LogP contribution in [0.3, 0.4) is 0 Å². The molecular formula is C12H11F3N2O. The third kappa shape index (κ3) is 2.52. The van der Waals surface area contributed by atoms with Crippen molar-refractivity contribution in [1.29, 1.82) is 0 Å². The molecule has 2 aromatic rings. The van der Waals surface area contributed by atoms with Crippen LogP contribution in [0.25, 0.3) is 10.8 Å². The van der Waals surface area contributed by atoms with Gasteiger partial charge in [-0.15, -0.1) is 0 Å². The fourth-order valence-electron chi connectivity index (χ4n) is 1.74. The Morgan fingerprint density at radius 1 is 1.33 bits per heavy atom. The highest BCUT2D eigenvalue weighted by molar-refractivity contribution is 5.81. The van der Waals surface area contributed by atoms with E-state index in [0.29, 0.717) is 10.1 Å². The van der Waals surface area contributed by atoms with E-state index >= 15 is 0 Å². The fourth-order valence-corrected chi connectivity index (χ4v) is 1.74. The van der Waals surface area contributed by atoms with Gasteiger partial charge in [-0.2, -0.15) is 18.3 Å². The molecule has 0 saturated carbocycles. The second kappa shape index (κ2) is 4.44. The summed E-state index contributed by atoms with van der Waals surface area (Å²) in [6, 6.07) is 5.05. The molecule has 0 N–H and O–H groups in total. The molecule has 0 radical (unpaired) electrons. The van der Waals surface area contributed by atoms with Crippen LogP contribution in [0.15, 0.2) is 29.2 Å². The molecule has 1 aromatic carbocycles. The Morgan fingerprint density at radius 2 is 2.06 bits per heavy atom. The molecule has 96 valence electrons. The average Bonchev–Trinajstić information content (AvgIpc) is 2.31. The van der Waals surface area contributed by atoms with Crippen molar-refractivity contribution in [2.45, 2.75) is 26.1 Å². The van der Waals surface area contributed by atoms with Crippen LogP contribution in [0.4, 0.5) is 13.2 Å². The van der Waals surface area contributed by atoms with Gasteiger partial charge in [0.2, 0.25) is 0 Å². The Labute approximate surface area is 101 Å². The third-order valence-electron chi connectivity index (χ3n) is 2.65. The average molecular weight is 256 g/mol. The van der Waals surface area contributed by atoms with Crippen LogP contribution in [-0.2, 0) is 13.0 Å². The monoisotopic (exact) mass is 256 g/mol. The van der Waals surface area contributed by atoms with Gasteiger partial charge in [-0.3, -0.25) is 4.79 Å². The Morgan fingerprint density at radius 3 is 2.67 bits per heavy atom. The van der Waals surface area contributed by atoms with Crippen molar-refractivity contribution >= 4 is 10.8 Å². The lowest BCUT2D eigenvalue weighted by atomic mass is 10.1. The predicted molar refractivity (Wildman–Crippen MR) is 61.4 cm³/mol. The van der Waals surface area contributed by atoms with Crippen molar-refractivity contribution in [3.05, 3.63) is 40.3 Å². The molecule has 3 nitrogen and oxygen atoms in total. The maximum Gasteiger partial charge on any atom is 0.408 e. The zero-order valence-corrected chi connectivity index (χ0v) is 9.66. The van der Waals surface area contributed by atoms with Crippen molar-refractivity contribution in [1.82, 2.24) is 9.78 Å². The first-order valence-corrected chi connectivity index (χ1v) is 5.46. The molecule has 0 atom stereocenters. The molecule has 1 aromatic heterocycles. The summed E-state index contributed by atoms with van der Waals surface area (Å²) in [7, 11) is 0. The second-order valence-electron chi connectivity index (χ2n) is 4.00. The summed E-state index contributed by atoms with van der Waals surface area (Å²) in [6.07, 6.45) is -2.36. The zero-order chi connectivity index (χ0) is 13.3. The van der Waals surface area contributed by atoms with Gasteiger partial charge in [-0.05, 0) is 24.1 Å². The van der Waals surface area contributed by atoms with Crippen LogP contribution in [0.2, 0.25) is 0 Å². The predicted octanol–water partition coefficient (Wildman–Crippen LogP) is 2.52. The third-order valence-corrected chi connectivity index (χ3v) is 2.65. The number of halogens is 3. The van der Waals surface area contributed by atoms with Crippen LogP contribution in [0.1, 0.15) is 12.5 Å². The molecule has 0 spiro atoms. The van der Waals surface area contributed by atoms with Gasteiger partial charge in [-0.1, -0.05) is 13.0 Å². The number of hydrogen-bond acceptors (Lipinski definition) is 2. The van der Waals surface area contributed by atoms with Gasteiger partial charge < -0.3 is 0 Å². The largest absolute Gasteiger partial charge is 0.408 e. The van der Waals surface area contributed by atoms with E-state index in [-0.39, 0.29) is 5.39 Å². The highest BCUT2D eigenvalue weighted by Gasteiger charge is 2.29. The van der Waals surface area contributed by atoms with Gasteiger partial charge in [0.05, 0.1) is 11.6 Å². The van der Waals surface area contributed by atoms with Crippen LogP contribution in [0, 0.1) is 0 Å². The van der Waals surface area contributed by atoms with E-state index in [1.807, 2.05) is 6.92 Å². The van der Waals surface area contributed by atoms with Crippen LogP contribution in [-0.4, -0.2) is 16.0 Å². The lowest BCUT2D eigenvalue weighted by Crippen LogP contribution is -2.30. The van der Waals surface area contributed by atoms with Crippen LogP contribution < -0.4 is 5.56 Å². The molecule has 6 heteroatoms. The summed E-state index contributed by atoms with van der Waals surface area (Å²) in [5.74, 6) is 0. The number of benzene rings is 1. The minimum atomic E-state index is -4.45. The molecule has 0 aliphatic carbocycles. The summed E-state index contributed by atoms with van der Waals surface area (Å²) >= 11 is 0. The number of rotatable bonds is 2. The number of hydrogen-bond donors (Lipinski definition) is 0. The van der Waals surface area contributed by atoms with Crippen molar-refractivity contribution in [3.63, 3.8) is 0 Å². The molecule has 0 fully saturated rings. The lowest BCUT2D eigenvalue weighted by Gasteiger charge is -2.09. The summed E-state index contributed by atoms with van der Waals surface area (Å²) in [5.41, 5.74) is 0.296. The highest BCUT2D eigenvalue weighted by atomic mass is 19.4. The summed E-state index contributed by atoms with van der Waals surface area (Å²) in [6.45, 7) is 0.594. The molecule has 0 aliphatic heterocycles. The summed E-state index contributed by atoms with van der Waals surface area (Å²) in [4.78, 5) is 11.8. The second-order valence-corrected chi connectivity index (χ2v) is 4.00. The summed E-state index contributed by atoms with van der Waals surface area (Å²) < 4.78 is 37.2. The maximum absolute atomic E-state index is 12.2. The number of aryl methyl sites for hydroxylation is 1. The van der Waals surface area contributed by atoms with Crippen molar-refractivity contribution in [2.24, 2.45) is 0 Å². The van der Waals surface area contributed by atoms with Gasteiger partial charge in [0.1, 0.15) is 6.54 Å². The molecule has 18 heavy (non-hydrogen) atoms. The van der Waals surface area contributed by atoms with Gasteiger partial charge in [0, 0.05) is 5.39 Å². The molecule has 1 heterocycles. The van der Waals surface area contributed by atoms with Gasteiger partial charge in [0.15, 0.2) is 0 Å². The molecule has 0 amide bonds. The molecule has 0 aliphatic rings. The standard InChI is InChI=1S/C12H11F3N2O/c1-2-8-3-4-10-9(5-8)6-16-17(11(10)18)7-12(13,14)15/h3-6H,2,7H2,1H3. The van der Waals surface area contributed by atoms with Gasteiger partial charge >= 0.3 is 6.18 Å². The Bertz CT molecular complexity index is 631. The number of aromatic nitrogens is 2. The van der Waals surface area contributed by atoms with Crippen molar-refractivity contribution < 1.29 is 13.2 Å². The summed E-state index contributed by atoms with van der Waals surface area (Å²) in [5, 5.41) is 4.37. The molecule has 0 saturated heterocycles. The minimum absolute atomic E-state index is 0.256. The first kappa shape index (κ1) is 12.6. The Balaban J connectivity index is 2.55.